The number of carbonyl (C=O) groups excluding carboxylic acids is 3. The van der Waals surface area contributed by atoms with Gasteiger partial charge in [-0.05, 0) is 19.3 Å². The van der Waals surface area contributed by atoms with Gasteiger partial charge in [0.05, 0.1) is 6.61 Å². The molecule has 0 unspecified atom stereocenters. The highest BCUT2D eigenvalue weighted by molar-refractivity contribution is 7.51. The van der Waals surface area contributed by atoms with E-state index in [0.717, 1.165) is 12.8 Å². The third-order valence-corrected chi connectivity index (χ3v) is 2.74. The number of rotatable bonds is 8. The Morgan fingerprint density at radius 3 is 2.22 bits per heavy atom. The lowest BCUT2D eigenvalue weighted by molar-refractivity contribution is -0.191. The van der Waals surface area contributed by atoms with Gasteiger partial charge < -0.3 is 14.5 Å². The molecule has 0 heterocycles. The third kappa shape index (κ3) is 20.4. The molecule has 0 aromatic rings. The quantitative estimate of drug-likeness (QED) is 0.388. The Labute approximate surface area is 106 Å². The van der Waals surface area contributed by atoms with E-state index in [2.05, 4.69) is 0 Å². The largest absolute Gasteiger partial charge is 0.466 e. The highest BCUT2D eigenvalue weighted by atomic mass is 31.2. The highest BCUT2D eigenvalue weighted by Gasteiger charge is 2.12. The summed E-state index contributed by atoms with van der Waals surface area (Å²) in [6.45, 7) is 2.45. The normalized spacial score (nSPS) is 9.94. The van der Waals surface area contributed by atoms with Gasteiger partial charge >= 0.3 is 19.7 Å². The number of esters is 1. The number of ether oxygens (including phenoxy) is 1. The maximum absolute atomic E-state index is 11.0. The Morgan fingerprint density at radius 1 is 1.22 bits per heavy atom. The van der Waals surface area contributed by atoms with Crippen LogP contribution in [0.15, 0.2) is 0 Å². The van der Waals surface area contributed by atoms with Gasteiger partial charge in [0.15, 0.2) is 0 Å². The monoisotopic (exact) mass is 282 g/mol. The molecule has 0 bridgehead atoms. The van der Waals surface area contributed by atoms with Crippen LogP contribution in [-0.2, 0) is 23.7 Å². The van der Waals surface area contributed by atoms with Crippen molar-refractivity contribution in [2.45, 2.75) is 39.0 Å². The van der Waals surface area contributed by atoms with Crippen LogP contribution in [0.2, 0.25) is 0 Å². The van der Waals surface area contributed by atoms with E-state index in [1.165, 1.54) is 0 Å². The molecular weight excluding hydrogens is 263 g/mol. The van der Waals surface area contributed by atoms with E-state index in [9.17, 15) is 9.36 Å². The number of carbonyl (C=O) groups is 1. The Hall–Kier alpha value is -1.00. The van der Waals surface area contributed by atoms with Crippen LogP contribution in [0.4, 0.5) is 0 Å². The number of hydrogen-bond donors (Lipinski definition) is 2. The van der Waals surface area contributed by atoms with Crippen LogP contribution < -0.4 is 0 Å². The molecule has 0 fully saturated rings. The molecule has 0 amide bonds. The van der Waals surface area contributed by atoms with Crippen LogP contribution in [0.3, 0.4) is 0 Å². The average Bonchev–Trinajstić information content (AvgIpc) is 2.25. The second-order valence-corrected chi connectivity index (χ2v) is 5.28. The van der Waals surface area contributed by atoms with E-state index in [1.54, 1.807) is 0 Å². The number of hydrogen-bond acceptors (Lipinski definition) is 5. The van der Waals surface area contributed by atoms with Crippen LogP contribution in [-0.4, -0.2) is 34.7 Å². The maximum Gasteiger partial charge on any atom is 0.373 e. The van der Waals surface area contributed by atoms with Gasteiger partial charge in [0.1, 0.15) is 0 Å². The molecule has 0 aromatic carbocycles. The predicted octanol–water partition coefficient (Wildman–Crippen LogP) is 1.09. The molecule has 0 aliphatic rings. The lowest BCUT2D eigenvalue weighted by Crippen LogP contribution is -2.05. The molecule has 7 nitrogen and oxygen atoms in total. The molecule has 0 radical (unpaired) electrons. The summed E-state index contributed by atoms with van der Waals surface area (Å²) < 4.78 is 15.3. The van der Waals surface area contributed by atoms with Gasteiger partial charge in [-0.3, -0.25) is 9.36 Å². The Balaban J connectivity index is 0. The average molecular weight is 282 g/mol. The molecule has 0 saturated heterocycles. The minimum absolute atomic E-state index is 0.158. The molecule has 2 N–H and O–H groups in total. The predicted molar refractivity (Wildman–Crippen MR) is 61.6 cm³/mol. The Morgan fingerprint density at radius 2 is 1.78 bits per heavy atom. The summed E-state index contributed by atoms with van der Waals surface area (Å²) in [6.07, 6.45) is 2.99. The van der Waals surface area contributed by atoms with Crippen molar-refractivity contribution in [2.75, 3.05) is 12.8 Å². The van der Waals surface area contributed by atoms with Gasteiger partial charge in [0.2, 0.25) is 0 Å². The standard InChI is InChI=1S/C9H19O5P.CO2/c1-2-3-7-14-9(10)6-4-5-8-15(11,12)13;2-1-3/h2-8H2,1H3,(H2,11,12,13);. The van der Waals surface area contributed by atoms with Crippen molar-refractivity contribution in [3.8, 4) is 0 Å². The van der Waals surface area contributed by atoms with Crippen molar-refractivity contribution in [3.63, 3.8) is 0 Å². The highest BCUT2D eigenvalue weighted by Crippen LogP contribution is 2.35. The molecule has 8 heteroatoms. The summed E-state index contributed by atoms with van der Waals surface area (Å²) >= 11 is 0. The maximum atomic E-state index is 11.0. The fourth-order valence-corrected chi connectivity index (χ4v) is 1.63. The first-order chi connectivity index (χ1) is 8.37. The van der Waals surface area contributed by atoms with Crippen molar-refractivity contribution < 1.29 is 33.5 Å². The van der Waals surface area contributed by atoms with Crippen LogP contribution >= 0.6 is 7.60 Å². The molecule has 18 heavy (non-hydrogen) atoms. The topological polar surface area (TPSA) is 118 Å². The smallest absolute Gasteiger partial charge is 0.373 e. The molecular formula is C10H19O7P. The zero-order chi connectivity index (χ0) is 14.4. The minimum Gasteiger partial charge on any atom is -0.466 e. The summed E-state index contributed by atoms with van der Waals surface area (Å²) in [5.74, 6) is -0.283. The fourth-order valence-electron chi connectivity index (χ4n) is 0.990. The summed E-state index contributed by atoms with van der Waals surface area (Å²) in [6, 6.07) is 0. The van der Waals surface area contributed by atoms with Gasteiger partial charge in [0.25, 0.3) is 0 Å². The van der Waals surface area contributed by atoms with Crippen LogP contribution in [0, 0.1) is 0 Å². The second-order valence-electron chi connectivity index (χ2n) is 3.50. The third-order valence-electron chi connectivity index (χ3n) is 1.84. The lowest BCUT2D eigenvalue weighted by Gasteiger charge is -2.04. The molecule has 106 valence electrons. The second kappa shape index (κ2) is 12.5. The Kier molecular flexibility index (Phi) is 13.4. The van der Waals surface area contributed by atoms with Gasteiger partial charge in [-0.2, -0.15) is 9.59 Å². The van der Waals surface area contributed by atoms with E-state index in [0.29, 0.717) is 19.4 Å². The van der Waals surface area contributed by atoms with Crippen LogP contribution in [0.1, 0.15) is 39.0 Å². The Bertz CT molecular complexity index is 291. The first-order valence-corrected chi connectivity index (χ1v) is 7.36. The van der Waals surface area contributed by atoms with Crippen LogP contribution in [0.5, 0.6) is 0 Å². The summed E-state index contributed by atoms with van der Waals surface area (Å²) in [5, 5.41) is 0. The minimum atomic E-state index is -3.90. The van der Waals surface area contributed by atoms with Gasteiger partial charge in [-0.25, -0.2) is 0 Å². The molecule has 0 aliphatic carbocycles. The molecule has 0 atom stereocenters. The molecule has 0 rings (SSSR count). The summed E-state index contributed by atoms with van der Waals surface area (Å²) in [4.78, 5) is 44.4. The number of unbranched alkanes of at least 4 members (excludes halogenated alkanes) is 2. The van der Waals surface area contributed by atoms with Gasteiger partial charge in [-0.1, -0.05) is 13.3 Å². The van der Waals surface area contributed by atoms with Crippen molar-refractivity contribution in [1.82, 2.24) is 0 Å². The zero-order valence-electron chi connectivity index (χ0n) is 10.3. The first-order valence-electron chi connectivity index (χ1n) is 5.56. The molecule has 0 aliphatic heterocycles. The summed E-state index contributed by atoms with van der Waals surface area (Å²) in [7, 11) is -3.90. The van der Waals surface area contributed by atoms with E-state index >= 15 is 0 Å². The van der Waals surface area contributed by atoms with Crippen molar-refractivity contribution in [1.29, 1.82) is 0 Å². The SMILES string of the molecule is CCCCOC(=O)CCCCP(=O)(O)O.O=C=O. The van der Waals surface area contributed by atoms with Crippen molar-refractivity contribution >= 4 is 19.7 Å². The van der Waals surface area contributed by atoms with Crippen molar-refractivity contribution in [3.05, 3.63) is 0 Å². The van der Waals surface area contributed by atoms with E-state index in [4.69, 9.17) is 24.1 Å². The summed E-state index contributed by atoms with van der Waals surface area (Å²) in [5.41, 5.74) is 0. The fraction of sp³-hybridized carbons (Fsp3) is 0.800. The van der Waals surface area contributed by atoms with Crippen molar-refractivity contribution in [2.24, 2.45) is 0 Å². The van der Waals surface area contributed by atoms with E-state index < -0.39 is 7.60 Å². The van der Waals surface area contributed by atoms with Crippen LogP contribution in [0.25, 0.3) is 0 Å². The van der Waals surface area contributed by atoms with E-state index in [1.807, 2.05) is 6.92 Å². The molecule has 0 aromatic heterocycles. The zero-order valence-corrected chi connectivity index (χ0v) is 11.2. The molecule has 0 saturated carbocycles. The lowest BCUT2D eigenvalue weighted by atomic mass is 10.2. The van der Waals surface area contributed by atoms with Gasteiger partial charge in [-0.15, -0.1) is 0 Å². The molecule has 0 spiro atoms. The van der Waals surface area contributed by atoms with E-state index in [-0.39, 0.29) is 24.7 Å². The first kappa shape index (κ1) is 19.3. The van der Waals surface area contributed by atoms with Gasteiger partial charge in [0, 0.05) is 12.6 Å².